The lowest BCUT2D eigenvalue weighted by molar-refractivity contribution is -0.122. The third-order valence-electron chi connectivity index (χ3n) is 6.30. The molecule has 7 nitrogen and oxygen atoms in total. The van der Waals surface area contributed by atoms with E-state index >= 15 is 0 Å². The van der Waals surface area contributed by atoms with Gasteiger partial charge < -0.3 is 19.4 Å². The van der Waals surface area contributed by atoms with E-state index in [0.29, 0.717) is 62.6 Å². The zero-order valence-electron chi connectivity index (χ0n) is 17.3. The number of benzene rings is 2. The van der Waals surface area contributed by atoms with Crippen LogP contribution in [0.5, 0.6) is 0 Å². The maximum Gasteiger partial charge on any atom is 0.256 e. The Hall–Kier alpha value is -3.19. The summed E-state index contributed by atoms with van der Waals surface area (Å²) in [5.74, 6) is -0.157. The van der Waals surface area contributed by atoms with Crippen LogP contribution in [-0.4, -0.2) is 66.4 Å². The van der Waals surface area contributed by atoms with Crippen molar-refractivity contribution in [1.29, 1.82) is 0 Å². The molecule has 0 aliphatic carbocycles. The van der Waals surface area contributed by atoms with Gasteiger partial charge in [-0.2, -0.15) is 0 Å². The molecular formula is C24H25N3O4. The predicted octanol–water partition coefficient (Wildman–Crippen LogP) is 2.31. The van der Waals surface area contributed by atoms with E-state index in [1.165, 1.54) is 0 Å². The fourth-order valence-electron chi connectivity index (χ4n) is 4.71. The van der Waals surface area contributed by atoms with Gasteiger partial charge in [-0.05, 0) is 42.7 Å². The Morgan fingerprint density at radius 2 is 1.81 bits per heavy atom. The van der Waals surface area contributed by atoms with Gasteiger partial charge in [-0.3, -0.25) is 14.4 Å². The second kappa shape index (κ2) is 8.15. The quantitative estimate of drug-likeness (QED) is 0.766. The zero-order valence-corrected chi connectivity index (χ0v) is 17.3. The molecule has 0 aromatic heterocycles. The number of rotatable bonds is 3. The second-order valence-corrected chi connectivity index (χ2v) is 8.20. The van der Waals surface area contributed by atoms with E-state index in [0.717, 1.165) is 12.0 Å². The van der Waals surface area contributed by atoms with E-state index in [-0.39, 0.29) is 17.7 Å². The third kappa shape index (κ3) is 3.59. The molecule has 2 aromatic carbocycles. The number of amides is 3. The molecule has 0 spiro atoms. The number of nitrogens with zero attached hydrogens (tertiary/aromatic N) is 3. The highest BCUT2D eigenvalue weighted by molar-refractivity contribution is 6.11. The largest absolute Gasteiger partial charge is 0.378 e. The fraction of sp³-hybridized carbons (Fsp3) is 0.375. The first-order valence-electron chi connectivity index (χ1n) is 10.8. The van der Waals surface area contributed by atoms with Gasteiger partial charge in [0.1, 0.15) is 6.04 Å². The number of morpholine rings is 1. The van der Waals surface area contributed by atoms with Gasteiger partial charge in [0.2, 0.25) is 5.91 Å². The van der Waals surface area contributed by atoms with Gasteiger partial charge >= 0.3 is 0 Å². The Morgan fingerprint density at radius 1 is 1.00 bits per heavy atom. The monoisotopic (exact) mass is 419 g/mol. The molecular weight excluding hydrogens is 394 g/mol. The van der Waals surface area contributed by atoms with E-state index in [4.69, 9.17) is 4.74 Å². The van der Waals surface area contributed by atoms with E-state index in [2.05, 4.69) is 0 Å². The number of fused-ring (bicyclic) bond motifs is 2. The minimum absolute atomic E-state index is 0.0233. The topological polar surface area (TPSA) is 70.2 Å². The number of para-hydroxylation sites is 1. The van der Waals surface area contributed by atoms with Crippen molar-refractivity contribution in [1.82, 2.24) is 9.80 Å². The lowest BCUT2D eigenvalue weighted by Crippen LogP contribution is -2.44. The maximum absolute atomic E-state index is 13.4. The lowest BCUT2D eigenvalue weighted by Gasteiger charge is -2.28. The summed E-state index contributed by atoms with van der Waals surface area (Å²) in [6.45, 7) is 3.20. The number of hydrogen-bond donors (Lipinski definition) is 0. The Morgan fingerprint density at radius 3 is 2.65 bits per heavy atom. The van der Waals surface area contributed by atoms with Crippen LogP contribution in [0.1, 0.15) is 39.1 Å². The second-order valence-electron chi connectivity index (χ2n) is 8.20. The van der Waals surface area contributed by atoms with Crippen LogP contribution in [0, 0.1) is 0 Å². The van der Waals surface area contributed by atoms with Crippen LogP contribution in [0.2, 0.25) is 0 Å². The molecule has 31 heavy (non-hydrogen) atoms. The van der Waals surface area contributed by atoms with Gasteiger partial charge in [0, 0.05) is 25.2 Å². The van der Waals surface area contributed by atoms with Crippen LogP contribution in [-0.2, 0) is 16.1 Å². The van der Waals surface area contributed by atoms with Gasteiger partial charge in [0.25, 0.3) is 11.8 Å². The van der Waals surface area contributed by atoms with Gasteiger partial charge in [-0.15, -0.1) is 0 Å². The number of carbonyl (C=O) groups is 3. The van der Waals surface area contributed by atoms with Crippen LogP contribution in [0.4, 0.5) is 5.69 Å². The van der Waals surface area contributed by atoms with Crippen LogP contribution in [0.25, 0.3) is 0 Å². The first-order valence-corrected chi connectivity index (χ1v) is 10.8. The molecule has 3 aliphatic heterocycles. The molecule has 0 bridgehead atoms. The van der Waals surface area contributed by atoms with Crippen molar-refractivity contribution in [3.05, 3.63) is 65.2 Å². The molecule has 5 rings (SSSR count). The summed E-state index contributed by atoms with van der Waals surface area (Å²) in [7, 11) is 0. The Labute approximate surface area is 181 Å². The number of ether oxygens (including phenoxy) is 1. The van der Waals surface area contributed by atoms with Crippen molar-refractivity contribution in [2.45, 2.75) is 25.4 Å². The summed E-state index contributed by atoms with van der Waals surface area (Å²) in [6.07, 6.45) is 1.52. The summed E-state index contributed by atoms with van der Waals surface area (Å²) in [5, 5.41) is 0. The van der Waals surface area contributed by atoms with Crippen LogP contribution in [0.3, 0.4) is 0 Å². The summed E-state index contributed by atoms with van der Waals surface area (Å²) in [6, 6.07) is 14.3. The number of anilines is 1. The summed E-state index contributed by atoms with van der Waals surface area (Å²) >= 11 is 0. The van der Waals surface area contributed by atoms with Crippen LogP contribution >= 0.6 is 0 Å². The molecule has 7 heteroatoms. The molecule has 2 fully saturated rings. The van der Waals surface area contributed by atoms with Crippen LogP contribution in [0.15, 0.2) is 48.5 Å². The van der Waals surface area contributed by atoms with E-state index < -0.39 is 6.04 Å². The van der Waals surface area contributed by atoms with E-state index in [1.807, 2.05) is 42.5 Å². The highest BCUT2D eigenvalue weighted by Crippen LogP contribution is 2.33. The molecule has 2 aromatic rings. The van der Waals surface area contributed by atoms with Crippen molar-refractivity contribution in [3.63, 3.8) is 0 Å². The standard InChI is InChI=1S/C24H25N3O4/c28-22(25-11-13-31-14-12-25)18-6-3-5-17(15-18)16-27-20-8-2-1-7-19(20)23(29)26-10-4-9-21(26)24(27)30/h1-3,5-8,15,21H,4,9-14,16H2. The van der Waals surface area contributed by atoms with Crippen molar-refractivity contribution in [3.8, 4) is 0 Å². The Kier molecular flexibility index (Phi) is 5.19. The average Bonchev–Trinajstić information content (AvgIpc) is 3.29. The van der Waals surface area contributed by atoms with Gasteiger partial charge in [-0.1, -0.05) is 24.3 Å². The molecule has 1 unspecified atom stereocenters. The molecule has 2 saturated heterocycles. The van der Waals surface area contributed by atoms with Crippen molar-refractivity contribution in [2.24, 2.45) is 0 Å². The number of hydrogen-bond acceptors (Lipinski definition) is 4. The van der Waals surface area contributed by atoms with Crippen molar-refractivity contribution >= 4 is 23.4 Å². The zero-order chi connectivity index (χ0) is 21.4. The SMILES string of the molecule is O=C(c1cccc(CN2C(=O)C3CCCN3C(=O)c3ccccc32)c1)N1CCOCC1. The molecule has 3 aliphatic rings. The Balaban J connectivity index is 1.46. The van der Waals surface area contributed by atoms with E-state index in [9.17, 15) is 14.4 Å². The molecule has 0 N–H and O–H groups in total. The summed E-state index contributed by atoms with van der Waals surface area (Å²) in [4.78, 5) is 44.6. The lowest BCUT2D eigenvalue weighted by atomic mass is 10.1. The third-order valence-corrected chi connectivity index (χ3v) is 6.30. The Bertz CT molecular complexity index is 1030. The highest BCUT2D eigenvalue weighted by Gasteiger charge is 2.41. The number of carbonyl (C=O) groups excluding carboxylic acids is 3. The highest BCUT2D eigenvalue weighted by atomic mass is 16.5. The van der Waals surface area contributed by atoms with Gasteiger partial charge in [-0.25, -0.2) is 0 Å². The molecule has 3 amide bonds. The molecule has 0 radical (unpaired) electrons. The van der Waals surface area contributed by atoms with Crippen molar-refractivity contribution in [2.75, 3.05) is 37.7 Å². The van der Waals surface area contributed by atoms with Gasteiger partial charge in [0.15, 0.2) is 0 Å². The summed E-state index contributed by atoms with van der Waals surface area (Å²) in [5.41, 5.74) is 2.66. The minimum atomic E-state index is -0.418. The minimum Gasteiger partial charge on any atom is -0.378 e. The molecule has 0 saturated carbocycles. The summed E-state index contributed by atoms with van der Waals surface area (Å²) < 4.78 is 5.34. The predicted molar refractivity (Wildman–Crippen MR) is 115 cm³/mol. The molecule has 160 valence electrons. The molecule has 1 atom stereocenters. The maximum atomic E-state index is 13.4. The van der Waals surface area contributed by atoms with E-state index in [1.54, 1.807) is 20.8 Å². The van der Waals surface area contributed by atoms with Gasteiger partial charge in [0.05, 0.1) is 31.0 Å². The first-order chi connectivity index (χ1) is 15.1. The first kappa shape index (κ1) is 19.8. The molecule has 3 heterocycles. The van der Waals surface area contributed by atoms with Crippen LogP contribution < -0.4 is 4.90 Å². The fourth-order valence-corrected chi connectivity index (χ4v) is 4.71. The average molecular weight is 419 g/mol. The van der Waals surface area contributed by atoms with Crippen molar-refractivity contribution < 1.29 is 19.1 Å². The smallest absolute Gasteiger partial charge is 0.256 e. The normalized spacial score (nSPS) is 21.0.